The Morgan fingerprint density at radius 3 is 2.20 bits per heavy atom. The van der Waals surface area contributed by atoms with Crippen molar-refractivity contribution < 1.29 is 0 Å². The van der Waals surface area contributed by atoms with E-state index in [1.807, 2.05) is 0 Å². The van der Waals surface area contributed by atoms with Crippen LogP contribution in [0.5, 0.6) is 0 Å². The van der Waals surface area contributed by atoms with Gasteiger partial charge >= 0.3 is 0 Å². The predicted octanol–water partition coefficient (Wildman–Crippen LogP) is 2.53. The van der Waals surface area contributed by atoms with Crippen LogP contribution in [0.4, 0.5) is 0 Å². The molecule has 15 heavy (non-hydrogen) atoms. The number of nitrogens with one attached hydrogen (secondary N) is 1. The van der Waals surface area contributed by atoms with Crippen LogP contribution >= 0.6 is 0 Å². The second-order valence-electron chi connectivity index (χ2n) is 5.35. The highest BCUT2D eigenvalue weighted by Crippen LogP contribution is 2.22. The monoisotopic (exact) mass is 212 g/mol. The molecule has 1 aliphatic carbocycles. The molecule has 2 nitrogen and oxygen atoms in total. The molecule has 90 valence electrons. The zero-order valence-corrected chi connectivity index (χ0v) is 10.5. The number of nitrogens with two attached hydrogens (primary N) is 1. The Labute approximate surface area is 95.0 Å². The molecule has 1 atom stereocenters. The molecular formula is C13H28N2. The van der Waals surface area contributed by atoms with Crippen LogP contribution in [0.2, 0.25) is 0 Å². The van der Waals surface area contributed by atoms with Gasteiger partial charge in [-0.25, -0.2) is 0 Å². The van der Waals surface area contributed by atoms with Gasteiger partial charge in [-0.05, 0) is 31.2 Å². The first kappa shape index (κ1) is 13.0. The predicted molar refractivity (Wildman–Crippen MR) is 66.9 cm³/mol. The molecule has 0 aromatic carbocycles. The summed E-state index contributed by atoms with van der Waals surface area (Å²) in [7, 11) is 0. The second-order valence-corrected chi connectivity index (χ2v) is 5.35. The van der Waals surface area contributed by atoms with Crippen LogP contribution in [0.3, 0.4) is 0 Å². The summed E-state index contributed by atoms with van der Waals surface area (Å²) < 4.78 is 0. The van der Waals surface area contributed by atoms with Crippen molar-refractivity contribution in [3.8, 4) is 0 Å². The number of hydrogen-bond donors (Lipinski definition) is 2. The molecule has 1 fully saturated rings. The van der Waals surface area contributed by atoms with Gasteiger partial charge in [0.05, 0.1) is 0 Å². The Balaban J connectivity index is 2.21. The smallest absolute Gasteiger partial charge is 0.0213 e. The first-order valence-electron chi connectivity index (χ1n) is 6.67. The lowest BCUT2D eigenvalue weighted by atomic mass is 9.98. The maximum absolute atomic E-state index is 5.76. The van der Waals surface area contributed by atoms with Crippen LogP contribution in [0.15, 0.2) is 0 Å². The fourth-order valence-corrected chi connectivity index (χ4v) is 2.48. The Morgan fingerprint density at radius 2 is 1.73 bits per heavy atom. The maximum Gasteiger partial charge on any atom is 0.0213 e. The molecule has 0 bridgehead atoms. The summed E-state index contributed by atoms with van der Waals surface area (Å²) >= 11 is 0. The van der Waals surface area contributed by atoms with Crippen molar-refractivity contribution in [1.82, 2.24) is 5.32 Å². The van der Waals surface area contributed by atoms with E-state index < -0.39 is 0 Å². The molecule has 0 spiro atoms. The van der Waals surface area contributed by atoms with E-state index in [0.717, 1.165) is 12.5 Å². The average molecular weight is 212 g/mol. The molecule has 2 heteroatoms. The van der Waals surface area contributed by atoms with Crippen molar-refractivity contribution in [3.63, 3.8) is 0 Å². The summed E-state index contributed by atoms with van der Waals surface area (Å²) in [6.45, 7) is 6.44. The van der Waals surface area contributed by atoms with Crippen LogP contribution < -0.4 is 11.1 Å². The Hall–Kier alpha value is -0.0800. The minimum atomic E-state index is 0.508. The van der Waals surface area contributed by atoms with Gasteiger partial charge in [0, 0.05) is 12.6 Å². The van der Waals surface area contributed by atoms with Crippen LogP contribution in [0.25, 0.3) is 0 Å². The third-order valence-corrected chi connectivity index (χ3v) is 3.70. The van der Waals surface area contributed by atoms with Gasteiger partial charge < -0.3 is 11.1 Å². The van der Waals surface area contributed by atoms with Crippen molar-refractivity contribution in [3.05, 3.63) is 0 Å². The maximum atomic E-state index is 5.76. The van der Waals surface area contributed by atoms with Crippen molar-refractivity contribution in [2.24, 2.45) is 17.6 Å². The minimum absolute atomic E-state index is 0.508. The molecule has 0 radical (unpaired) electrons. The van der Waals surface area contributed by atoms with Crippen LogP contribution in [0, 0.1) is 11.8 Å². The van der Waals surface area contributed by atoms with Crippen molar-refractivity contribution in [1.29, 1.82) is 0 Å². The van der Waals surface area contributed by atoms with E-state index in [0.29, 0.717) is 12.0 Å². The van der Waals surface area contributed by atoms with Gasteiger partial charge in [0.25, 0.3) is 0 Å². The third kappa shape index (κ3) is 4.98. The highest BCUT2D eigenvalue weighted by atomic mass is 14.9. The van der Waals surface area contributed by atoms with Crippen LogP contribution in [-0.4, -0.2) is 19.1 Å². The molecule has 0 aromatic rings. The van der Waals surface area contributed by atoms with Gasteiger partial charge in [-0.15, -0.1) is 0 Å². The molecular weight excluding hydrogens is 184 g/mol. The van der Waals surface area contributed by atoms with E-state index in [9.17, 15) is 0 Å². The standard InChI is InChI=1S/C13H28N2/c1-11(2)13(9-14)15-10-12-7-5-3-4-6-8-12/h11-13,15H,3-10,14H2,1-2H3. The highest BCUT2D eigenvalue weighted by Gasteiger charge is 2.15. The van der Waals surface area contributed by atoms with Crippen molar-refractivity contribution in [2.75, 3.05) is 13.1 Å². The van der Waals surface area contributed by atoms with E-state index in [4.69, 9.17) is 5.73 Å². The quantitative estimate of drug-likeness (QED) is 0.687. The normalized spacial score (nSPS) is 21.6. The molecule has 0 amide bonds. The Morgan fingerprint density at radius 1 is 1.13 bits per heavy atom. The zero-order valence-electron chi connectivity index (χ0n) is 10.5. The van der Waals surface area contributed by atoms with Gasteiger partial charge in [-0.1, -0.05) is 39.5 Å². The van der Waals surface area contributed by atoms with E-state index in [-0.39, 0.29) is 0 Å². The van der Waals surface area contributed by atoms with Crippen molar-refractivity contribution in [2.45, 2.75) is 58.4 Å². The molecule has 0 heterocycles. The number of hydrogen-bond acceptors (Lipinski definition) is 2. The first-order chi connectivity index (χ1) is 7.24. The molecule has 1 aliphatic rings. The minimum Gasteiger partial charge on any atom is -0.329 e. The van der Waals surface area contributed by atoms with Crippen LogP contribution in [-0.2, 0) is 0 Å². The van der Waals surface area contributed by atoms with E-state index in [1.54, 1.807) is 0 Å². The lowest BCUT2D eigenvalue weighted by Gasteiger charge is -2.24. The van der Waals surface area contributed by atoms with Gasteiger partial charge in [-0.3, -0.25) is 0 Å². The van der Waals surface area contributed by atoms with Gasteiger partial charge in [-0.2, -0.15) is 0 Å². The summed E-state index contributed by atoms with van der Waals surface area (Å²) in [4.78, 5) is 0. The Kier molecular flexibility index (Phi) is 6.26. The van der Waals surface area contributed by atoms with E-state index in [1.165, 1.54) is 45.1 Å². The molecule has 0 saturated heterocycles. The summed E-state index contributed by atoms with van der Waals surface area (Å²) in [6, 6.07) is 0.508. The van der Waals surface area contributed by atoms with Crippen molar-refractivity contribution >= 4 is 0 Å². The summed E-state index contributed by atoms with van der Waals surface area (Å²) in [5.74, 6) is 1.56. The molecule has 0 aliphatic heterocycles. The lowest BCUT2D eigenvalue weighted by molar-refractivity contribution is 0.348. The van der Waals surface area contributed by atoms with Gasteiger partial charge in [0.1, 0.15) is 0 Å². The number of rotatable bonds is 5. The topological polar surface area (TPSA) is 38.0 Å². The highest BCUT2D eigenvalue weighted by molar-refractivity contribution is 4.74. The molecule has 3 N–H and O–H groups in total. The first-order valence-corrected chi connectivity index (χ1v) is 6.67. The Bertz CT molecular complexity index is 149. The SMILES string of the molecule is CC(C)C(CN)NCC1CCCCCC1. The lowest BCUT2D eigenvalue weighted by Crippen LogP contribution is -2.42. The fourth-order valence-electron chi connectivity index (χ4n) is 2.48. The van der Waals surface area contributed by atoms with Gasteiger partial charge in [0.2, 0.25) is 0 Å². The molecule has 0 aromatic heterocycles. The average Bonchev–Trinajstić information content (AvgIpc) is 2.46. The summed E-state index contributed by atoms with van der Waals surface area (Å²) in [6.07, 6.45) is 8.59. The molecule has 1 unspecified atom stereocenters. The van der Waals surface area contributed by atoms with Gasteiger partial charge in [0.15, 0.2) is 0 Å². The zero-order chi connectivity index (χ0) is 11.1. The van der Waals surface area contributed by atoms with Crippen LogP contribution in [0.1, 0.15) is 52.4 Å². The largest absolute Gasteiger partial charge is 0.329 e. The second kappa shape index (κ2) is 7.24. The van der Waals surface area contributed by atoms with E-state index >= 15 is 0 Å². The third-order valence-electron chi connectivity index (χ3n) is 3.70. The summed E-state index contributed by atoms with van der Waals surface area (Å²) in [5.41, 5.74) is 5.76. The molecule has 1 saturated carbocycles. The van der Waals surface area contributed by atoms with E-state index in [2.05, 4.69) is 19.2 Å². The molecule has 1 rings (SSSR count). The summed E-state index contributed by atoms with van der Waals surface area (Å²) in [5, 5.41) is 3.64. The fraction of sp³-hybridized carbons (Fsp3) is 1.00.